The molecule has 0 amide bonds. The highest BCUT2D eigenvalue weighted by atomic mass is 16.3. The Morgan fingerprint density at radius 3 is 2.04 bits per heavy atom. The number of rotatable bonds is 1. The molecule has 3 rings (SSSR count). The summed E-state index contributed by atoms with van der Waals surface area (Å²) in [6.07, 6.45) is 0. The van der Waals surface area contributed by atoms with Crippen LogP contribution in [0.3, 0.4) is 0 Å². The Bertz CT molecular complexity index is 1270. The zero-order valence-corrected chi connectivity index (χ0v) is 12.5. The first-order valence-electron chi connectivity index (χ1n) is 6.76. The van der Waals surface area contributed by atoms with Crippen LogP contribution in [0.5, 0.6) is 5.75 Å². The molecule has 0 aliphatic rings. The van der Waals surface area contributed by atoms with E-state index in [1.807, 2.05) is 0 Å². The minimum atomic E-state index is -0.819. The summed E-state index contributed by atoms with van der Waals surface area (Å²) in [5, 5.41) is 28.4. The van der Waals surface area contributed by atoms with Crippen LogP contribution in [0.4, 0.5) is 0 Å². The number of carbonyl (C=O) groups excluding carboxylic acids is 1. The fourth-order valence-corrected chi connectivity index (χ4v) is 2.71. The molecule has 10 heteroatoms. The molecule has 0 saturated carbocycles. The Morgan fingerprint density at radius 1 is 0.875 bits per heavy atom. The number of aliphatic hydroxyl groups is 1. The predicted octanol–water partition coefficient (Wildman–Crippen LogP) is -0.739. The number of aliphatic hydroxyl groups excluding tert-OH is 1. The van der Waals surface area contributed by atoms with Crippen molar-refractivity contribution in [1.82, 2.24) is 20.4 Å². The predicted molar refractivity (Wildman–Crippen MR) is 85.1 cm³/mol. The molecule has 0 unspecified atom stereocenters. The van der Waals surface area contributed by atoms with E-state index in [1.54, 1.807) is 0 Å². The first-order valence-corrected chi connectivity index (χ1v) is 6.76. The number of hydrogen-bond donors (Lipinski definition) is 6. The molecular formula is C14H12N4O6. The number of phenolic OH excluding ortho intramolecular Hbond substituents is 1. The van der Waals surface area contributed by atoms with Crippen LogP contribution in [0, 0.1) is 0 Å². The zero-order valence-electron chi connectivity index (χ0n) is 12.5. The summed E-state index contributed by atoms with van der Waals surface area (Å²) in [6.45, 7) is 2.33. The largest absolute Gasteiger partial charge is 0.512 e. The maximum Gasteiger partial charge on any atom is 0.274 e. The highest BCUT2D eigenvalue weighted by molar-refractivity contribution is 6.11. The van der Waals surface area contributed by atoms with Gasteiger partial charge in [-0.15, -0.1) is 0 Å². The van der Waals surface area contributed by atoms with Crippen LogP contribution in [-0.2, 0) is 0 Å². The third kappa shape index (κ3) is 1.89. The SMILES string of the molecule is CC(=O)c1c(=O)[nH][nH]c2c(O)c3/c(=C(\C)O)c(=O)[nH][nH]c3c(=O)c12. The monoisotopic (exact) mass is 332 g/mol. The number of ketones is 1. The first kappa shape index (κ1) is 15.3. The molecule has 0 saturated heterocycles. The van der Waals surface area contributed by atoms with Gasteiger partial charge in [0.15, 0.2) is 11.5 Å². The Kier molecular flexibility index (Phi) is 3.18. The molecule has 0 fully saturated rings. The molecule has 6 N–H and O–H groups in total. The Hall–Kier alpha value is -3.56. The molecule has 124 valence electrons. The van der Waals surface area contributed by atoms with Gasteiger partial charge in [0.05, 0.1) is 21.6 Å². The number of carbonyl (C=O) groups is 1. The van der Waals surface area contributed by atoms with Crippen LogP contribution < -0.4 is 21.8 Å². The normalized spacial score (nSPS) is 12.6. The number of aromatic amines is 4. The van der Waals surface area contributed by atoms with Crippen LogP contribution in [-0.4, -0.2) is 36.4 Å². The van der Waals surface area contributed by atoms with E-state index in [0.717, 1.165) is 6.92 Å². The molecule has 3 aromatic rings. The summed E-state index contributed by atoms with van der Waals surface area (Å²) >= 11 is 0. The van der Waals surface area contributed by atoms with Gasteiger partial charge < -0.3 is 10.2 Å². The summed E-state index contributed by atoms with van der Waals surface area (Å²) in [6, 6.07) is 0. The van der Waals surface area contributed by atoms with Gasteiger partial charge in [-0.2, -0.15) is 0 Å². The van der Waals surface area contributed by atoms with Crippen molar-refractivity contribution in [3.05, 3.63) is 41.7 Å². The molecule has 1 aromatic carbocycles. The van der Waals surface area contributed by atoms with Gasteiger partial charge in [-0.1, -0.05) is 0 Å². The van der Waals surface area contributed by atoms with E-state index in [-0.39, 0.29) is 27.0 Å². The number of aromatic nitrogens is 4. The van der Waals surface area contributed by atoms with Crippen LogP contribution in [0.15, 0.2) is 14.4 Å². The summed E-state index contributed by atoms with van der Waals surface area (Å²) in [5.74, 6) is -1.65. The number of fused-ring (bicyclic) bond motifs is 2. The van der Waals surface area contributed by atoms with Crippen molar-refractivity contribution < 1.29 is 15.0 Å². The van der Waals surface area contributed by atoms with Gasteiger partial charge in [-0.25, -0.2) is 0 Å². The van der Waals surface area contributed by atoms with E-state index in [9.17, 15) is 29.4 Å². The number of aromatic hydroxyl groups is 1. The lowest BCUT2D eigenvalue weighted by molar-refractivity contribution is 0.101. The van der Waals surface area contributed by atoms with Crippen molar-refractivity contribution in [2.24, 2.45) is 0 Å². The number of Topliss-reactive ketones (excluding diaryl/α,β-unsaturated/α-hetero) is 1. The number of nitrogens with one attached hydrogen (secondary N) is 4. The molecule has 0 atom stereocenters. The average Bonchev–Trinajstić information content (AvgIpc) is 2.51. The first-order chi connectivity index (χ1) is 11.3. The average molecular weight is 332 g/mol. The van der Waals surface area contributed by atoms with Crippen LogP contribution in [0.25, 0.3) is 27.6 Å². The number of phenols is 1. The van der Waals surface area contributed by atoms with Gasteiger partial charge in [-0.05, 0) is 13.8 Å². The fourth-order valence-electron chi connectivity index (χ4n) is 2.71. The molecule has 2 heterocycles. The second-order valence-electron chi connectivity index (χ2n) is 5.23. The fraction of sp³-hybridized carbons (Fsp3) is 0.143. The number of H-pyrrole nitrogens is 4. The number of benzene rings is 1. The van der Waals surface area contributed by atoms with E-state index >= 15 is 0 Å². The summed E-state index contributed by atoms with van der Waals surface area (Å²) in [5.41, 5.74) is -3.27. The second kappa shape index (κ2) is 4.98. The van der Waals surface area contributed by atoms with Gasteiger partial charge in [0.2, 0.25) is 5.43 Å². The highest BCUT2D eigenvalue weighted by Gasteiger charge is 2.22. The summed E-state index contributed by atoms with van der Waals surface area (Å²) < 4.78 is 0. The van der Waals surface area contributed by atoms with Gasteiger partial charge >= 0.3 is 0 Å². The standard InChI is InChI=1S/C14H12N4O6/c1-3(19)5-7-9(15-17-13(5)23)12(22)8-6(4(2)20)14(24)18-16-10(8)11(7)21/h15-16,19,21H,1-2H3,(H,17,23)(H,18,24)/b5-3-. The molecule has 10 nitrogen and oxygen atoms in total. The quantitative estimate of drug-likeness (QED) is 0.253. The van der Waals surface area contributed by atoms with Gasteiger partial charge in [0.1, 0.15) is 16.8 Å². The topological polar surface area (TPSA) is 172 Å². The highest BCUT2D eigenvalue weighted by Crippen LogP contribution is 2.26. The van der Waals surface area contributed by atoms with E-state index in [4.69, 9.17) is 0 Å². The zero-order chi connectivity index (χ0) is 17.8. The Balaban J connectivity index is 2.85. The third-order valence-corrected chi connectivity index (χ3v) is 3.70. The van der Waals surface area contributed by atoms with E-state index in [1.165, 1.54) is 6.92 Å². The van der Waals surface area contributed by atoms with Crippen molar-refractivity contribution in [2.45, 2.75) is 13.8 Å². The van der Waals surface area contributed by atoms with Crippen LogP contribution >= 0.6 is 0 Å². The van der Waals surface area contributed by atoms with Crippen LogP contribution in [0.2, 0.25) is 0 Å². The second-order valence-corrected chi connectivity index (χ2v) is 5.23. The third-order valence-electron chi connectivity index (χ3n) is 3.70. The van der Waals surface area contributed by atoms with E-state index in [0.29, 0.717) is 0 Å². The molecule has 0 aliphatic carbocycles. The maximum absolute atomic E-state index is 12.7. The van der Waals surface area contributed by atoms with Gasteiger partial charge in [0.25, 0.3) is 11.1 Å². The summed E-state index contributed by atoms with van der Waals surface area (Å²) in [7, 11) is 0. The van der Waals surface area contributed by atoms with Gasteiger partial charge in [0, 0.05) is 0 Å². The van der Waals surface area contributed by atoms with E-state index in [2.05, 4.69) is 20.4 Å². The lowest BCUT2D eigenvalue weighted by Crippen LogP contribution is -2.33. The lowest BCUT2D eigenvalue weighted by atomic mass is 10.0. The number of hydrogen-bond acceptors (Lipinski definition) is 6. The maximum atomic E-state index is 12.7. The molecule has 0 bridgehead atoms. The van der Waals surface area contributed by atoms with Crippen molar-refractivity contribution in [1.29, 1.82) is 0 Å². The van der Waals surface area contributed by atoms with E-state index < -0.39 is 39.4 Å². The van der Waals surface area contributed by atoms with Crippen molar-refractivity contribution >= 4 is 33.3 Å². The minimum absolute atomic E-state index is 0.223. The Labute approximate surface area is 131 Å². The molecule has 0 radical (unpaired) electrons. The van der Waals surface area contributed by atoms with Gasteiger partial charge in [-0.3, -0.25) is 39.6 Å². The van der Waals surface area contributed by atoms with Crippen molar-refractivity contribution in [3.63, 3.8) is 0 Å². The molecule has 2 aromatic heterocycles. The molecule has 0 spiro atoms. The molecule has 24 heavy (non-hydrogen) atoms. The molecule has 0 aliphatic heterocycles. The van der Waals surface area contributed by atoms with Crippen molar-refractivity contribution in [3.8, 4) is 5.75 Å². The van der Waals surface area contributed by atoms with Crippen LogP contribution in [0.1, 0.15) is 24.2 Å². The van der Waals surface area contributed by atoms with Crippen molar-refractivity contribution in [2.75, 3.05) is 0 Å². The Morgan fingerprint density at radius 2 is 1.46 bits per heavy atom. The lowest BCUT2D eigenvalue weighted by Gasteiger charge is -2.08. The smallest absolute Gasteiger partial charge is 0.274 e. The summed E-state index contributed by atoms with van der Waals surface area (Å²) in [4.78, 5) is 48.2. The molecular weight excluding hydrogens is 320 g/mol. The minimum Gasteiger partial charge on any atom is -0.512 e.